The third kappa shape index (κ3) is 2.74. The Kier molecular flexibility index (Phi) is 3.59. The van der Waals surface area contributed by atoms with Crippen LogP contribution < -0.4 is 5.73 Å². The molecule has 0 radical (unpaired) electrons. The molecule has 1 aromatic carbocycles. The van der Waals surface area contributed by atoms with Crippen molar-refractivity contribution in [1.82, 2.24) is 4.90 Å². The zero-order valence-corrected chi connectivity index (χ0v) is 9.88. The zero-order valence-electron chi connectivity index (χ0n) is 9.88. The predicted molar refractivity (Wildman–Crippen MR) is 68.1 cm³/mol. The molecule has 1 heterocycles. The van der Waals surface area contributed by atoms with Gasteiger partial charge in [-0.1, -0.05) is 36.4 Å². The van der Waals surface area contributed by atoms with E-state index in [4.69, 9.17) is 5.73 Å². The summed E-state index contributed by atoms with van der Waals surface area (Å²) in [6.45, 7) is 5.10. The van der Waals surface area contributed by atoms with E-state index in [9.17, 15) is 4.79 Å². The second-order valence-electron chi connectivity index (χ2n) is 4.54. The van der Waals surface area contributed by atoms with Gasteiger partial charge in [0.2, 0.25) is 5.91 Å². The van der Waals surface area contributed by atoms with Gasteiger partial charge in [-0.25, -0.2) is 0 Å². The van der Waals surface area contributed by atoms with Gasteiger partial charge in [-0.05, 0) is 5.56 Å². The number of hydrogen-bond donors (Lipinski definition) is 1. The van der Waals surface area contributed by atoms with Gasteiger partial charge in [-0.2, -0.15) is 0 Å². The Bertz CT molecular complexity index is 402. The van der Waals surface area contributed by atoms with Crippen LogP contribution in [0.4, 0.5) is 0 Å². The van der Waals surface area contributed by atoms with Crippen LogP contribution in [-0.2, 0) is 11.3 Å². The Morgan fingerprint density at radius 1 is 1.47 bits per heavy atom. The van der Waals surface area contributed by atoms with E-state index in [-0.39, 0.29) is 17.9 Å². The maximum absolute atomic E-state index is 11.8. The largest absolute Gasteiger partial charge is 0.338 e. The number of rotatable bonds is 4. The molecule has 90 valence electrons. The summed E-state index contributed by atoms with van der Waals surface area (Å²) in [5.74, 6) is 0.403. The summed E-state index contributed by atoms with van der Waals surface area (Å²) in [5.41, 5.74) is 7.06. The first-order valence-corrected chi connectivity index (χ1v) is 5.90. The summed E-state index contributed by atoms with van der Waals surface area (Å²) >= 11 is 0. The third-order valence-corrected chi connectivity index (χ3v) is 3.28. The molecule has 2 atom stereocenters. The lowest BCUT2D eigenvalue weighted by atomic mass is 10.00. The Labute approximate surface area is 102 Å². The standard InChI is InChI=1S/C14H18N2O/c1-2-13(15)12-8-14(17)16(10-12)9-11-6-4-3-5-7-11/h2-7,12-13H,1,8-10,15H2. The van der Waals surface area contributed by atoms with Crippen LogP contribution in [0.15, 0.2) is 43.0 Å². The Hall–Kier alpha value is -1.61. The van der Waals surface area contributed by atoms with Crippen molar-refractivity contribution < 1.29 is 4.79 Å². The number of benzene rings is 1. The number of carbonyl (C=O) groups is 1. The highest BCUT2D eigenvalue weighted by atomic mass is 16.2. The predicted octanol–water partition coefficient (Wildman–Crippen LogP) is 1.55. The van der Waals surface area contributed by atoms with Gasteiger partial charge in [-0.3, -0.25) is 4.79 Å². The molecule has 0 spiro atoms. The van der Waals surface area contributed by atoms with E-state index in [1.165, 1.54) is 0 Å². The summed E-state index contributed by atoms with van der Waals surface area (Å²) in [6, 6.07) is 9.94. The summed E-state index contributed by atoms with van der Waals surface area (Å²) in [7, 11) is 0. The molecule has 1 aromatic rings. The molecule has 0 aliphatic carbocycles. The van der Waals surface area contributed by atoms with Gasteiger partial charge < -0.3 is 10.6 Å². The molecule has 17 heavy (non-hydrogen) atoms. The molecule has 3 nitrogen and oxygen atoms in total. The molecule has 0 saturated carbocycles. The molecule has 2 unspecified atom stereocenters. The van der Waals surface area contributed by atoms with Crippen molar-refractivity contribution in [3.8, 4) is 0 Å². The highest BCUT2D eigenvalue weighted by molar-refractivity contribution is 5.78. The fraction of sp³-hybridized carbons (Fsp3) is 0.357. The van der Waals surface area contributed by atoms with Crippen LogP contribution in [0.5, 0.6) is 0 Å². The van der Waals surface area contributed by atoms with Gasteiger partial charge in [0.25, 0.3) is 0 Å². The first-order chi connectivity index (χ1) is 8.20. The number of amides is 1. The van der Waals surface area contributed by atoms with E-state index in [0.717, 1.165) is 12.1 Å². The van der Waals surface area contributed by atoms with E-state index < -0.39 is 0 Å². The highest BCUT2D eigenvalue weighted by Gasteiger charge is 2.31. The van der Waals surface area contributed by atoms with Crippen LogP contribution in [0.1, 0.15) is 12.0 Å². The molecule has 1 fully saturated rings. The Morgan fingerprint density at radius 3 is 2.82 bits per heavy atom. The number of likely N-dealkylation sites (tertiary alicyclic amines) is 1. The fourth-order valence-corrected chi connectivity index (χ4v) is 2.21. The number of hydrogen-bond acceptors (Lipinski definition) is 2. The van der Waals surface area contributed by atoms with Gasteiger partial charge in [-0.15, -0.1) is 6.58 Å². The molecule has 1 saturated heterocycles. The first-order valence-electron chi connectivity index (χ1n) is 5.90. The molecule has 0 aromatic heterocycles. The minimum absolute atomic E-state index is 0.0836. The van der Waals surface area contributed by atoms with Crippen molar-refractivity contribution in [2.75, 3.05) is 6.54 Å². The van der Waals surface area contributed by atoms with Crippen molar-refractivity contribution in [2.24, 2.45) is 11.7 Å². The summed E-state index contributed by atoms with van der Waals surface area (Å²) in [6.07, 6.45) is 2.27. The monoisotopic (exact) mass is 230 g/mol. The van der Waals surface area contributed by atoms with Gasteiger partial charge in [0.15, 0.2) is 0 Å². The summed E-state index contributed by atoms with van der Waals surface area (Å²) in [5, 5.41) is 0. The molecule has 2 rings (SSSR count). The van der Waals surface area contributed by atoms with E-state index in [0.29, 0.717) is 13.0 Å². The van der Waals surface area contributed by atoms with Crippen LogP contribution >= 0.6 is 0 Å². The topological polar surface area (TPSA) is 46.3 Å². The number of carbonyl (C=O) groups excluding carboxylic acids is 1. The van der Waals surface area contributed by atoms with Crippen molar-refractivity contribution in [3.05, 3.63) is 48.6 Å². The fourth-order valence-electron chi connectivity index (χ4n) is 2.21. The van der Waals surface area contributed by atoms with Crippen molar-refractivity contribution in [2.45, 2.75) is 19.0 Å². The molecule has 0 bridgehead atoms. The second-order valence-corrected chi connectivity index (χ2v) is 4.54. The highest BCUT2D eigenvalue weighted by Crippen LogP contribution is 2.22. The summed E-state index contributed by atoms with van der Waals surface area (Å²) in [4.78, 5) is 13.7. The van der Waals surface area contributed by atoms with Crippen molar-refractivity contribution >= 4 is 5.91 Å². The molecule has 2 N–H and O–H groups in total. The minimum atomic E-state index is -0.0836. The molecule has 1 aliphatic rings. The van der Waals surface area contributed by atoms with Gasteiger partial charge in [0, 0.05) is 31.5 Å². The molecule has 1 aliphatic heterocycles. The van der Waals surface area contributed by atoms with E-state index in [1.54, 1.807) is 6.08 Å². The van der Waals surface area contributed by atoms with Crippen LogP contribution in [0.2, 0.25) is 0 Å². The van der Waals surface area contributed by atoms with Crippen LogP contribution in [0.3, 0.4) is 0 Å². The van der Waals surface area contributed by atoms with Gasteiger partial charge in [0.05, 0.1) is 0 Å². The van der Waals surface area contributed by atoms with E-state index in [1.807, 2.05) is 35.2 Å². The lowest BCUT2D eigenvalue weighted by molar-refractivity contribution is -0.128. The quantitative estimate of drug-likeness (QED) is 0.798. The average Bonchev–Trinajstić information content (AvgIpc) is 2.71. The molecule has 1 amide bonds. The van der Waals surface area contributed by atoms with Crippen molar-refractivity contribution in [1.29, 1.82) is 0 Å². The minimum Gasteiger partial charge on any atom is -0.338 e. The Balaban J connectivity index is 1.99. The van der Waals surface area contributed by atoms with Crippen LogP contribution in [0, 0.1) is 5.92 Å². The zero-order chi connectivity index (χ0) is 12.3. The SMILES string of the molecule is C=CC(N)C1CC(=O)N(Cc2ccccc2)C1. The molecular weight excluding hydrogens is 212 g/mol. The van der Waals surface area contributed by atoms with Crippen LogP contribution in [0.25, 0.3) is 0 Å². The normalized spacial score (nSPS) is 21.6. The molecule has 3 heteroatoms. The smallest absolute Gasteiger partial charge is 0.223 e. The second kappa shape index (κ2) is 5.15. The van der Waals surface area contributed by atoms with E-state index in [2.05, 4.69) is 6.58 Å². The van der Waals surface area contributed by atoms with Crippen LogP contribution in [-0.4, -0.2) is 23.4 Å². The average molecular weight is 230 g/mol. The maximum Gasteiger partial charge on any atom is 0.223 e. The first kappa shape index (κ1) is 11.9. The lowest BCUT2D eigenvalue weighted by Crippen LogP contribution is -2.30. The maximum atomic E-state index is 11.8. The van der Waals surface area contributed by atoms with Gasteiger partial charge >= 0.3 is 0 Å². The third-order valence-electron chi connectivity index (χ3n) is 3.28. The Morgan fingerprint density at radius 2 is 2.18 bits per heavy atom. The van der Waals surface area contributed by atoms with Crippen molar-refractivity contribution in [3.63, 3.8) is 0 Å². The van der Waals surface area contributed by atoms with E-state index >= 15 is 0 Å². The lowest BCUT2D eigenvalue weighted by Gasteiger charge is -2.18. The van der Waals surface area contributed by atoms with Gasteiger partial charge in [0.1, 0.15) is 0 Å². The molecular formula is C14H18N2O. The summed E-state index contributed by atoms with van der Waals surface area (Å²) < 4.78 is 0. The number of nitrogens with zero attached hydrogens (tertiary/aromatic N) is 1. The number of nitrogens with two attached hydrogens (primary N) is 1.